The summed E-state index contributed by atoms with van der Waals surface area (Å²) >= 11 is 1.71. The number of nitrogens with zero attached hydrogens (tertiary/aromatic N) is 1. The van der Waals surface area contributed by atoms with Gasteiger partial charge in [0.2, 0.25) is 0 Å². The van der Waals surface area contributed by atoms with Crippen molar-refractivity contribution in [2.75, 3.05) is 0 Å². The molecule has 1 unspecified atom stereocenters. The maximum absolute atomic E-state index is 5.82. The van der Waals surface area contributed by atoms with Crippen molar-refractivity contribution < 1.29 is 0 Å². The highest BCUT2D eigenvalue weighted by molar-refractivity contribution is 7.99. The fraction of sp³-hybridized carbons (Fsp3) is 0.312. The summed E-state index contributed by atoms with van der Waals surface area (Å²) in [5, 5.41) is 1.07. The van der Waals surface area contributed by atoms with E-state index in [2.05, 4.69) is 49.2 Å². The molecule has 0 fully saturated rings. The van der Waals surface area contributed by atoms with Crippen molar-refractivity contribution in [2.24, 2.45) is 5.73 Å². The van der Waals surface area contributed by atoms with Gasteiger partial charge in [0.15, 0.2) is 0 Å². The van der Waals surface area contributed by atoms with Crippen molar-refractivity contribution in [2.45, 2.75) is 43.2 Å². The number of hydrogen-bond donors (Lipinski definition) is 1. The predicted octanol–water partition coefficient (Wildman–Crippen LogP) is 3.74. The summed E-state index contributed by atoms with van der Waals surface area (Å²) in [5.41, 5.74) is 9.52. The van der Waals surface area contributed by atoms with Gasteiger partial charge in [-0.3, -0.25) is 0 Å². The van der Waals surface area contributed by atoms with Crippen LogP contribution in [0.4, 0.5) is 0 Å². The second-order valence-corrected chi connectivity index (χ2v) is 6.13. The molecule has 3 heteroatoms. The maximum Gasteiger partial charge on any atom is 0.104 e. The van der Waals surface area contributed by atoms with Gasteiger partial charge < -0.3 is 5.73 Å². The van der Waals surface area contributed by atoms with Crippen LogP contribution in [0.3, 0.4) is 0 Å². The Balaban J connectivity index is 2.17. The first-order chi connectivity index (χ1) is 9.04. The minimum Gasteiger partial charge on any atom is -0.328 e. The second kappa shape index (κ2) is 6.22. The molecule has 2 nitrogen and oxygen atoms in total. The van der Waals surface area contributed by atoms with Crippen molar-refractivity contribution in [1.29, 1.82) is 0 Å². The minimum atomic E-state index is 0.177. The Morgan fingerprint density at radius 2 is 2.05 bits per heavy atom. The van der Waals surface area contributed by atoms with Gasteiger partial charge in [0.1, 0.15) is 5.03 Å². The number of benzene rings is 1. The van der Waals surface area contributed by atoms with Crippen molar-refractivity contribution in [3.63, 3.8) is 0 Å². The molecule has 2 N–H and O–H groups in total. The van der Waals surface area contributed by atoms with Gasteiger partial charge >= 0.3 is 0 Å². The van der Waals surface area contributed by atoms with Crippen molar-refractivity contribution in [3.05, 3.63) is 53.2 Å². The lowest BCUT2D eigenvalue weighted by Gasteiger charge is -2.09. The van der Waals surface area contributed by atoms with Gasteiger partial charge in [0.25, 0.3) is 0 Å². The third-order valence-corrected chi connectivity index (χ3v) is 3.96. The zero-order valence-corrected chi connectivity index (χ0v) is 12.5. The molecule has 0 amide bonds. The van der Waals surface area contributed by atoms with Crippen LogP contribution in [0.1, 0.15) is 23.6 Å². The molecule has 1 aromatic heterocycles. The predicted molar refractivity (Wildman–Crippen MR) is 81.6 cm³/mol. The average molecular weight is 272 g/mol. The van der Waals surface area contributed by atoms with Gasteiger partial charge in [-0.05, 0) is 50.5 Å². The lowest BCUT2D eigenvalue weighted by atomic mass is 10.1. The van der Waals surface area contributed by atoms with Gasteiger partial charge in [-0.1, -0.05) is 35.5 Å². The van der Waals surface area contributed by atoms with Crippen molar-refractivity contribution in [1.82, 2.24) is 4.98 Å². The third kappa shape index (κ3) is 4.08. The standard InChI is InChI=1S/C16H20N2S/c1-11-5-4-6-15(7-11)19-16-12(2)8-14(10-18-16)9-13(3)17/h4-8,10,13H,9,17H2,1-3H3. The normalized spacial score (nSPS) is 12.4. The van der Waals surface area contributed by atoms with E-state index >= 15 is 0 Å². The second-order valence-electron chi connectivity index (χ2n) is 5.07. The van der Waals surface area contributed by atoms with Crippen LogP contribution in [0.15, 0.2) is 46.5 Å². The fourth-order valence-electron chi connectivity index (χ4n) is 2.00. The molecule has 1 heterocycles. The minimum absolute atomic E-state index is 0.177. The quantitative estimate of drug-likeness (QED) is 0.921. The highest BCUT2D eigenvalue weighted by atomic mass is 32.2. The molecular weight excluding hydrogens is 252 g/mol. The van der Waals surface area contributed by atoms with E-state index in [4.69, 9.17) is 5.73 Å². The van der Waals surface area contributed by atoms with Crippen molar-refractivity contribution >= 4 is 11.8 Å². The molecular formula is C16H20N2S. The van der Waals surface area contributed by atoms with Crippen LogP contribution < -0.4 is 5.73 Å². The molecule has 0 bridgehead atoms. The highest BCUT2D eigenvalue weighted by Crippen LogP contribution is 2.29. The molecule has 0 saturated heterocycles. The van der Waals surface area contributed by atoms with E-state index in [1.807, 2.05) is 13.1 Å². The third-order valence-electron chi connectivity index (χ3n) is 2.85. The van der Waals surface area contributed by atoms with E-state index in [0.29, 0.717) is 0 Å². The Morgan fingerprint density at radius 3 is 2.68 bits per heavy atom. The van der Waals surface area contributed by atoms with Gasteiger partial charge in [-0.15, -0.1) is 0 Å². The van der Waals surface area contributed by atoms with Crippen LogP contribution in [-0.4, -0.2) is 11.0 Å². The molecule has 0 saturated carbocycles. The van der Waals surface area contributed by atoms with E-state index in [1.54, 1.807) is 11.8 Å². The first kappa shape index (κ1) is 14.1. The number of nitrogens with two attached hydrogens (primary N) is 1. The molecule has 0 aliphatic carbocycles. The Bertz CT molecular complexity index is 564. The van der Waals surface area contributed by atoms with Gasteiger partial charge in [-0.25, -0.2) is 4.98 Å². The Hall–Kier alpha value is -1.32. The number of aryl methyl sites for hydroxylation is 2. The van der Waals surface area contributed by atoms with Gasteiger partial charge in [-0.2, -0.15) is 0 Å². The zero-order valence-electron chi connectivity index (χ0n) is 11.7. The summed E-state index contributed by atoms with van der Waals surface area (Å²) in [6.07, 6.45) is 2.82. The molecule has 0 radical (unpaired) electrons. The van der Waals surface area contributed by atoms with Crippen LogP contribution in [0.25, 0.3) is 0 Å². The Kier molecular flexibility index (Phi) is 4.61. The van der Waals surface area contributed by atoms with Crippen LogP contribution in [-0.2, 0) is 6.42 Å². The molecule has 0 spiro atoms. The number of rotatable bonds is 4. The summed E-state index contributed by atoms with van der Waals surface area (Å²) in [5.74, 6) is 0. The van der Waals surface area contributed by atoms with E-state index in [9.17, 15) is 0 Å². The van der Waals surface area contributed by atoms with Crippen molar-refractivity contribution in [3.8, 4) is 0 Å². The van der Waals surface area contributed by atoms with E-state index in [-0.39, 0.29) is 6.04 Å². The summed E-state index contributed by atoms with van der Waals surface area (Å²) in [7, 11) is 0. The summed E-state index contributed by atoms with van der Waals surface area (Å²) < 4.78 is 0. The molecule has 2 rings (SSSR count). The molecule has 1 aromatic carbocycles. The SMILES string of the molecule is Cc1cccc(Sc2ncc(CC(C)N)cc2C)c1. The lowest BCUT2D eigenvalue weighted by molar-refractivity contribution is 0.733. The zero-order chi connectivity index (χ0) is 13.8. The van der Waals surface area contributed by atoms with Crippen LogP contribution in [0.5, 0.6) is 0 Å². The summed E-state index contributed by atoms with van der Waals surface area (Å²) in [6, 6.07) is 10.9. The van der Waals surface area contributed by atoms with Crippen LogP contribution >= 0.6 is 11.8 Å². The molecule has 100 valence electrons. The topological polar surface area (TPSA) is 38.9 Å². The first-order valence-corrected chi connectivity index (χ1v) is 7.32. The van der Waals surface area contributed by atoms with E-state index in [1.165, 1.54) is 21.6 Å². The molecule has 0 aliphatic rings. The maximum atomic E-state index is 5.82. The molecule has 2 aromatic rings. The average Bonchev–Trinajstić information content (AvgIpc) is 2.32. The van der Waals surface area contributed by atoms with E-state index < -0.39 is 0 Å². The lowest BCUT2D eigenvalue weighted by Crippen LogP contribution is -2.17. The Morgan fingerprint density at radius 1 is 1.26 bits per heavy atom. The smallest absolute Gasteiger partial charge is 0.104 e. The number of aromatic nitrogens is 1. The van der Waals surface area contributed by atoms with Crippen LogP contribution in [0.2, 0.25) is 0 Å². The largest absolute Gasteiger partial charge is 0.328 e. The Labute approximate surface area is 119 Å². The molecule has 1 atom stereocenters. The fourth-order valence-corrected chi connectivity index (χ4v) is 2.94. The van der Waals surface area contributed by atoms with Gasteiger partial charge in [0, 0.05) is 17.1 Å². The first-order valence-electron chi connectivity index (χ1n) is 6.50. The number of hydrogen-bond acceptors (Lipinski definition) is 3. The molecule has 0 aliphatic heterocycles. The van der Waals surface area contributed by atoms with Crippen LogP contribution in [0, 0.1) is 13.8 Å². The summed E-state index contributed by atoms with van der Waals surface area (Å²) in [4.78, 5) is 5.80. The molecule has 19 heavy (non-hydrogen) atoms. The van der Waals surface area contributed by atoms with E-state index in [0.717, 1.165) is 11.4 Å². The highest BCUT2D eigenvalue weighted by Gasteiger charge is 2.06. The summed E-state index contributed by atoms with van der Waals surface area (Å²) in [6.45, 7) is 6.23. The van der Waals surface area contributed by atoms with Gasteiger partial charge in [0.05, 0.1) is 0 Å². The monoisotopic (exact) mass is 272 g/mol. The number of pyridine rings is 1.